The zero-order valence-corrected chi connectivity index (χ0v) is 34.9. The van der Waals surface area contributed by atoms with Crippen molar-refractivity contribution in [1.29, 1.82) is 0 Å². The summed E-state index contributed by atoms with van der Waals surface area (Å²) in [5.41, 5.74) is -1.60. The van der Waals surface area contributed by atoms with Crippen molar-refractivity contribution in [1.82, 2.24) is 5.32 Å². The predicted octanol–water partition coefficient (Wildman–Crippen LogP) is 5.80. The molecular formula is C44H48ClNO13. The van der Waals surface area contributed by atoms with E-state index in [-0.39, 0.29) is 33.0 Å². The molecule has 3 aliphatic heterocycles. The smallest absolute Gasteiger partial charge is 0.345 e. The lowest BCUT2D eigenvalue weighted by atomic mass is 9.78. The Labute approximate surface area is 346 Å². The topological polar surface area (TPSA) is 201 Å². The van der Waals surface area contributed by atoms with Crippen molar-refractivity contribution in [2.45, 2.75) is 85.6 Å². The Kier molecular flexibility index (Phi) is 13.5. The van der Waals surface area contributed by atoms with Crippen LogP contribution in [-0.4, -0.2) is 82.7 Å². The minimum absolute atomic E-state index is 0.00466. The maximum atomic E-state index is 14.3. The number of fused-ring (bicyclic) bond motifs is 14. The van der Waals surface area contributed by atoms with E-state index in [2.05, 4.69) is 5.32 Å². The van der Waals surface area contributed by atoms with Gasteiger partial charge in [-0.2, -0.15) is 0 Å². The Hall–Kier alpha value is -5.41. The lowest BCUT2D eigenvalue weighted by Gasteiger charge is -2.38. The van der Waals surface area contributed by atoms with Crippen LogP contribution in [0.25, 0.3) is 0 Å². The van der Waals surface area contributed by atoms with Gasteiger partial charge in [0.25, 0.3) is 11.7 Å². The van der Waals surface area contributed by atoms with Gasteiger partial charge in [-0.15, -0.1) is 0 Å². The van der Waals surface area contributed by atoms with Crippen LogP contribution in [0.2, 0.25) is 5.02 Å². The zero-order chi connectivity index (χ0) is 43.7. The number of ketones is 3. The SMILES string of the molecule is COC1/C=C/OC2(C)Oc3c(C)c(OC(=O)c4ccccc4Cl)c4c(c3C2=O)C(=O)C=C(NC(=O)/C(C)=C\C=C\C(C)C(O)C(C)C(O)C(C)C(OC(C)=O)C1C)C4=O. The number of ether oxygens (including phenoxy) is 5. The van der Waals surface area contributed by atoms with Crippen molar-refractivity contribution in [3.8, 4) is 11.5 Å². The number of halogens is 1. The number of carbonyl (C=O) groups excluding carboxylic acids is 6. The summed E-state index contributed by atoms with van der Waals surface area (Å²) in [4.78, 5) is 82.0. The van der Waals surface area contributed by atoms with Gasteiger partial charge in [0, 0.05) is 61.8 Å². The molecule has 4 aliphatic rings. The minimum atomic E-state index is -2.13. The molecule has 0 spiro atoms. The summed E-state index contributed by atoms with van der Waals surface area (Å²) in [6, 6.07) is 6.01. The highest BCUT2D eigenvalue weighted by molar-refractivity contribution is 6.34. The highest BCUT2D eigenvalue weighted by Crippen LogP contribution is 2.48. The monoisotopic (exact) mass is 833 g/mol. The van der Waals surface area contributed by atoms with Gasteiger partial charge in [0.15, 0.2) is 5.78 Å². The Bertz CT molecular complexity index is 2200. The maximum Gasteiger partial charge on any atom is 0.345 e. The van der Waals surface area contributed by atoms with Crippen LogP contribution in [0.15, 0.2) is 72.2 Å². The molecule has 5 bridgehead atoms. The first-order valence-electron chi connectivity index (χ1n) is 19.0. The van der Waals surface area contributed by atoms with Crippen LogP contribution >= 0.6 is 11.6 Å². The Balaban J connectivity index is 1.66. The molecule has 1 aliphatic carbocycles. The summed E-state index contributed by atoms with van der Waals surface area (Å²) >= 11 is 6.29. The number of amides is 1. The number of rotatable bonds is 4. The number of methoxy groups -OCH3 is 1. The van der Waals surface area contributed by atoms with Crippen LogP contribution in [0, 0.1) is 30.6 Å². The van der Waals surface area contributed by atoms with E-state index in [1.807, 2.05) is 0 Å². The molecule has 59 heavy (non-hydrogen) atoms. The largest absolute Gasteiger partial charge is 0.462 e. The van der Waals surface area contributed by atoms with E-state index in [0.29, 0.717) is 0 Å². The number of Topliss-reactive ketones (excluding diaryl/α,β-unsaturated/α-hetero) is 2. The van der Waals surface area contributed by atoms with Crippen molar-refractivity contribution in [3.63, 3.8) is 0 Å². The summed E-state index contributed by atoms with van der Waals surface area (Å²) in [6.45, 7) is 12.2. The highest BCUT2D eigenvalue weighted by Gasteiger charge is 2.52. The average Bonchev–Trinajstić information content (AvgIpc) is 3.46. The molecule has 0 saturated carbocycles. The molecule has 0 radical (unpaired) electrons. The number of hydrogen-bond acceptors (Lipinski definition) is 13. The fourth-order valence-corrected chi connectivity index (χ4v) is 7.72. The van der Waals surface area contributed by atoms with E-state index < -0.39 is 112 Å². The van der Waals surface area contributed by atoms with Gasteiger partial charge in [-0.05, 0) is 32.1 Å². The zero-order valence-electron chi connectivity index (χ0n) is 34.2. The lowest BCUT2D eigenvalue weighted by Crippen LogP contribution is -2.46. The van der Waals surface area contributed by atoms with E-state index in [0.717, 1.165) is 12.3 Å². The number of aliphatic hydroxyl groups is 2. The lowest BCUT2D eigenvalue weighted by molar-refractivity contribution is -0.160. The molecule has 14 nitrogen and oxygen atoms in total. The van der Waals surface area contributed by atoms with Gasteiger partial charge in [0.2, 0.25) is 5.78 Å². The van der Waals surface area contributed by atoms with Gasteiger partial charge in [-0.25, -0.2) is 4.79 Å². The molecule has 0 saturated heterocycles. The summed E-state index contributed by atoms with van der Waals surface area (Å²) < 4.78 is 29.3. The number of esters is 2. The van der Waals surface area contributed by atoms with E-state index in [4.69, 9.17) is 35.3 Å². The van der Waals surface area contributed by atoms with E-state index >= 15 is 0 Å². The van der Waals surface area contributed by atoms with Crippen LogP contribution < -0.4 is 14.8 Å². The Morgan fingerprint density at radius 3 is 2.24 bits per heavy atom. The Morgan fingerprint density at radius 2 is 1.59 bits per heavy atom. The third kappa shape index (κ3) is 8.81. The maximum absolute atomic E-state index is 14.3. The van der Waals surface area contributed by atoms with Gasteiger partial charge >= 0.3 is 17.7 Å². The fourth-order valence-electron chi connectivity index (χ4n) is 7.51. The number of nitrogens with one attached hydrogen (secondary N) is 1. The molecule has 0 aromatic heterocycles. The van der Waals surface area contributed by atoms with Gasteiger partial charge in [0.1, 0.15) is 17.6 Å². The minimum Gasteiger partial charge on any atom is -0.462 e. The fraction of sp³-hybridized carbons (Fsp3) is 0.409. The Morgan fingerprint density at radius 1 is 0.915 bits per heavy atom. The van der Waals surface area contributed by atoms with Crippen molar-refractivity contribution in [3.05, 3.63) is 105 Å². The molecule has 2 aromatic rings. The summed E-state index contributed by atoms with van der Waals surface area (Å²) in [5.74, 6) is -10.3. The van der Waals surface area contributed by atoms with Crippen LogP contribution in [0.5, 0.6) is 11.5 Å². The van der Waals surface area contributed by atoms with E-state index in [1.165, 1.54) is 65.2 Å². The van der Waals surface area contributed by atoms with E-state index in [9.17, 15) is 39.0 Å². The predicted molar refractivity (Wildman–Crippen MR) is 214 cm³/mol. The van der Waals surface area contributed by atoms with Crippen molar-refractivity contribution in [2.75, 3.05) is 7.11 Å². The second-order valence-electron chi connectivity index (χ2n) is 15.2. The van der Waals surface area contributed by atoms with E-state index in [1.54, 1.807) is 45.9 Å². The number of aliphatic hydroxyl groups excluding tert-OH is 2. The summed E-state index contributed by atoms with van der Waals surface area (Å²) in [6.07, 6.45) is 4.08. The first kappa shape index (κ1) is 44.7. The first-order valence-corrected chi connectivity index (χ1v) is 19.4. The van der Waals surface area contributed by atoms with Crippen molar-refractivity contribution < 1.29 is 62.7 Å². The molecule has 3 N–H and O–H groups in total. The van der Waals surface area contributed by atoms with Crippen molar-refractivity contribution >= 4 is 46.8 Å². The van der Waals surface area contributed by atoms with Crippen LogP contribution in [0.4, 0.5) is 0 Å². The van der Waals surface area contributed by atoms with Crippen molar-refractivity contribution in [2.24, 2.45) is 23.7 Å². The number of benzene rings is 2. The average molecular weight is 834 g/mol. The van der Waals surface area contributed by atoms with Gasteiger partial charge in [-0.1, -0.05) is 69.7 Å². The van der Waals surface area contributed by atoms with Crippen LogP contribution in [0.1, 0.15) is 95.5 Å². The molecule has 9 unspecified atom stereocenters. The summed E-state index contributed by atoms with van der Waals surface area (Å²) in [7, 11) is 1.41. The van der Waals surface area contributed by atoms with Crippen LogP contribution in [-0.2, 0) is 23.8 Å². The number of carbonyl (C=O) groups is 6. The molecule has 2 aromatic carbocycles. The molecule has 1 amide bonds. The molecule has 314 valence electrons. The molecule has 15 heteroatoms. The second-order valence-corrected chi connectivity index (χ2v) is 15.6. The standard InChI is InChI=1S/C44H48ClNO13/c1-20-13-12-14-21(2)42(53)46-29-19-30(48)32-33(37(29)51)39(58-43(54)27-15-10-11-16-28(27)45)25(6)40-34(32)41(52)44(8,59-40)56-18-17-31(55-9)22(3)38(57-26(7)47)24(5)36(50)23(4)35(20)49/h10-20,22-24,31,35-36,38,49-50H,1-9H3,(H,46,53)/b13-12+,18-17+,21-14-. The molecule has 3 heterocycles. The third-order valence-electron chi connectivity index (χ3n) is 11.1. The quantitative estimate of drug-likeness (QED) is 0.247. The first-order chi connectivity index (χ1) is 27.7. The molecular weight excluding hydrogens is 786 g/mol. The summed E-state index contributed by atoms with van der Waals surface area (Å²) in [5, 5.41) is 25.3. The van der Waals surface area contributed by atoms with Gasteiger partial charge < -0.3 is 39.2 Å². The third-order valence-corrected chi connectivity index (χ3v) is 11.4. The second kappa shape index (κ2) is 17.8. The van der Waals surface area contributed by atoms with Gasteiger partial charge in [-0.3, -0.25) is 24.0 Å². The highest BCUT2D eigenvalue weighted by atomic mass is 35.5. The number of allylic oxidation sites excluding steroid dienone is 4. The normalized spacial score (nSPS) is 30.8. The molecule has 9 atom stereocenters. The van der Waals surface area contributed by atoms with Gasteiger partial charge in [0.05, 0.1) is 57.5 Å². The molecule has 6 rings (SSSR count). The van der Waals surface area contributed by atoms with Crippen LogP contribution in [0.3, 0.4) is 0 Å². The number of hydrogen-bond donors (Lipinski definition) is 3. The molecule has 0 fully saturated rings.